The van der Waals surface area contributed by atoms with E-state index in [1.165, 1.54) is 11.1 Å². The monoisotopic (exact) mass is 349 g/mol. The van der Waals surface area contributed by atoms with Crippen molar-refractivity contribution in [2.24, 2.45) is 5.92 Å². The first kappa shape index (κ1) is 18.4. The summed E-state index contributed by atoms with van der Waals surface area (Å²) >= 11 is 0. The van der Waals surface area contributed by atoms with E-state index in [1.54, 1.807) is 6.07 Å². The highest BCUT2D eigenvalue weighted by atomic mass is 16.3. The van der Waals surface area contributed by atoms with Crippen molar-refractivity contribution in [3.05, 3.63) is 76.9 Å². The average molecular weight is 349 g/mol. The maximum Gasteiger partial charge on any atom is 0.123 e. The van der Waals surface area contributed by atoms with Crippen molar-refractivity contribution >= 4 is 11.6 Å². The molecule has 0 saturated heterocycles. The van der Waals surface area contributed by atoms with Crippen LogP contribution in [0.1, 0.15) is 29.5 Å². The molecule has 0 fully saturated rings. The highest BCUT2D eigenvalue weighted by Crippen LogP contribution is 2.39. The van der Waals surface area contributed by atoms with Crippen molar-refractivity contribution in [2.75, 3.05) is 20.6 Å². The van der Waals surface area contributed by atoms with Crippen LogP contribution in [0, 0.1) is 5.92 Å². The number of phenolic OH excluding ortho intramolecular Hbond substituents is 1. The van der Waals surface area contributed by atoms with Gasteiger partial charge in [0.15, 0.2) is 0 Å². The average Bonchev–Trinajstić information content (AvgIpc) is 2.63. The summed E-state index contributed by atoms with van der Waals surface area (Å²) < 4.78 is 0. The molecule has 3 heteroatoms. The van der Waals surface area contributed by atoms with Gasteiger partial charge >= 0.3 is 0 Å². The van der Waals surface area contributed by atoms with Crippen LogP contribution in [-0.4, -0.2) is 35.8 Å². The van der Waals surface area contributed by atoms with E-state index in [2.05, 4.69) is 37.2 Å². The van der Waals surface area contributed by atoms with Gasteiger partial charge in [0, 0.05) is 12.1 Å². The predicted molar refractivity (Wildman–Crippen MR) is 108 cm³/mol. The van der Waals surface area contributed by atoms with Crippen LogP contribution in [0.25, 0.3) is 11.6 Å². The number of benzene rings is 2. The fraction of sp³-hybridized carbons (Fsp3) is 0.304. The first-order chi connectivity index (χ1) is 12.6. The zero-order valence-electron chi connectivity index (χ0n) is 15.5. The SMILES string of the molecule is CN(C)CC1CCC(=Cc2cccc(CO)c2)C=C1c1ccccc1O. The Morgan fingerprint density at radius 2 is 1.92 bits per heavy atom. The number of rotatable bonds is 5. The minimum atomic E-state index is 0.0564. The lowest BCUT2D eigenvalue weighted by Gasteiger charge is -2.29. The summed E-state index contributed by atoms with van der Waals surface area (Å²) in [4.78, 5) is 2.21. The van der Waals surface area contributed by atoms with Crippen LogP contribution in [0.2, 0.25) is 0 Å². The van der Waals surface area contributed by atoms with Gasteiger partial charge < -0.3 is 15.1 Å². The molecule has 3 nitrogen and oxygen atoms in total. The first-order valence-electron chi connectivity index (χ1n) is 9.12. The highest BCUT2D eigenvalue weighted by Gasteiger charge is 2.23. The van der Waals surface area contributed by atoms with Gasteiger partial charge in [-0.25, -0.2) is 0 Å². The van der Waals surface area contributed by atoms with Crippen LogP contribution >= 0.6 is 0 Å². The van der Waals surface area contributed by atoms with Gasteiger partial charge in [0.05, 0.1) is 6.61 Å². The number of hydrogen-bond acceptors (Lipinski definition) is 3. The minimum absolute atomic E-state index is 0.0564. The highest BCUT2D eigenvalue weighted by molar-refractivity contribution is 5.77. The molecule has 2 aromatic carbocycles. The summed E-state index contributed by atoms with van der Waals surface area (Å²) in [6, 6.07) is 15.6. The fourth-order valence-electron chi connectivity index (χ4n) is 3.64. The van der Waals surface area contributed by atoms with E-state index >= 15 is 0 Å². The van der Waals surface area contributed by atoms with E-state index < -0.39 is 0 Å². The topological polar surface area (TPSA) is 43.7 Å². The Kier molecular flexibility index (Phi) is 5.92. The Hall–Kier alpha value is -2.36. The van der Waals surface area contributed by atoms with Crippen molar-refractivity contribution < 1.29 is 10.2 Å². The summed E-state index contributed by atoms with van der Waals surface area (Å²) in [5.74, 6) is 0.741. The number of aliphatic hydroxyl groups excluding tert-OH is 1. The lowest BCUT2D eigenvalue weighted by molar-refractivity contribution is 0.282. The Balaban J connectivity index is 1.99. The van der Waals surface area contributed by atoms with Crippen LogP contribution in [0.3, 0.4) is 0 Å². The van der Waals surface area contributed by atoms with Gasteiger partial charge in [0.2, 0.25) is 0 Å². The molecule has 0 aromatic heterocycles. The van der Waals surface area contributed by atoms with E-state index in [4.69, 9.17) is 0 Å². The number of phenols is 1. The van der Waals surface area contributed by atoms with E-state index in [9.17, 15) is 10.2 Å². The molecule has 1 atom stereocenters. The van der Waals surface area contributed by atoms with Crippen molar-refractivity contribution in [3.63, 3.8) is 0 Å². The zero-order valence-corrected chi connectivity index (χ0v) is 15.5. The van der Waals surface area contributed by atoms with Crippen LogP contribution in [0.15, 0.2) is 60.2 Å². The van der Waals surface area contributed by atoms with E-state index in [0.717, 1.165) is 36.1 Å². The molecule has 0 heterocycles. The Morgan fingerprint density at radius 1 is 1.12 bits per heavy atom. The van der Waals surface area contributed by atoms with E-state index in [-0.39, 0.29) is 6.61 Å². The Labute approximate surface area is 155 Å². The molecule has 3 rings (SSSR count). The maximum absolute atomic E-state index is 10.4. The normalized spacial score (nSPS) is 19.0. The van der Waals surface area contributed by atoms with Gasteiger partial charge in [-0.15, -0.1) is 0 Å². The molecule has 1 aliphatic rings. The molecular weight excluding hydrogens is 322 g/mol. The second-order valence-electron chi connectivity index (χ2n) is 7.24. The molecule has 1 unspecified atom stereocenters. The van der Waals surface area contributed by atoms with Crippen molar-refractivity contribution in [2.45, 2.75) is 19.4 Å². The van der Waals surface area contributed by atoms with Gasteiger partial charge in [-0.1, -0.05) is 48.6 Å². The molecule has 0 radical (unpaired) electrons. The Bertz CT molecular complexity index is 820. The van der Waals surface area contributed by atoms with Crippen LogP contribution < -0.4 is 0 Å². The molecule has 0 spiro atoms. The number of aliphatic hydroxyl groups is 1. The number of allylic oxidation sites excluding steroid dienone is 2. The summed E-state index contributed by atoms with van der Waals surface area (Å²) in [5.41, 5.74) is 5.41. The summed E-state index contributed by atoms with van der Waals surface area (Å²) in [6.45, 7) is 1.02. The van der Waals surface area contributed by atoms with Crippen LogP contribution in [-0.2, 0) is 6.61 Å². The molecule has 0 aliphatic heterocycles. The summed E-state index contributed by atoms with van der Waals surface area (Å²) in [7, 11) is 4.18. The summed E-state index contributed by atoms with van der Waals surface area (Å²) in [5, 5.41) is 19.7. The number of hydrogen-bond donors (Lipinski definition) is 2. The molecule has 0 amide bonds. The smallest absolute Gasteiger partial charge is 0.123 e. The predicted octanol–water partition coefficient (Wildman–Crippen LogP) is 4.32. The lowest BCUT2D eigenvalue weighted by atomic mass is 9.80. The maximum atomic E-state index is 10.4. The van der Waals surface area contributed by atoms with Crippen molar-refractivity contribution in [1.82, 2.24) is 4.90 Å². The molecule has 1 aliphatic carbocycles. The van der Waals surface area contributed by atoms with Crippen molar-refractivity contribution in [3.8, 4) is 5.75 Å². The van der Waals surface area contributed by atoms with Gasteiger partial charge in [-0.2, -0.15) is 0 Å². The second-order valence-corrected chi connectivity index (χ2v) is 7.24. The number of para-hydroxylation sites is 1. The zero-order chi connectivity index (χ0) is 18.5. The van der Waals surface area contributed by atoms with E-state index in [1.807, 2.05) is 36.4 Å². The standard InChI is InChI=1S/C23H27NO2/c1-24(2)15-20-11-10-18(12-17-6-5-7-19(13-17)16-25)14-22(20)21-8-3-4-9-23(21)26/h3-9,12-14,20,25-26H,10-11,15-16H2,1-2H3. The third-order valence-corrected chi connectivity index (χ3v) is 4.85. The third kappa shape index (κ3) is 4.43. The van der Waals surface area contributed by atoms with Gasteiger partial charge in [0.25, 0.3) is 0 Å². The first-order valence-corrected chi connectivity index (χ1v) is 9.12. The lowest BCUT2D eigenvalue weighted by Crippen LogP contribution is -2.24. The van der Waals surface area contributed by atoms with Gasteiger partial charge in [0.1, 0.15) is 5.75 Å². The Morgan fingerprint density at radius 3 is 2.65 bits per heavy atom. The third-order valence-electron chi connectivity index (χ3n) is 4.85. The molecular formula is C23H27NO2. The molecule has 2 N–H and O–H groups in total. The fourth-order valence-corrected chi connectivity index (χ4v) is 3.64. The molecule has 0 saturated carbocycles. The van der Waals surface area contributed by atoms with E-state index in [0.29, 0.717) is 11.7 Å². The van der Waals surface area contributed by atoms with Crippen LogP contribution in [0.4, 0.5) is 0 Å². The minimum Gasteiger partial charge on any atom is -0.507 e. The summed E-state index contributed by atoms with van der Waals surface area (Å²) in [6.07, 6.45) is 6.49. The quantitative estimate of drug-likeness (QED) is 0.845. The van der Waals surface area contributed by atoms with Gasteiger partial charge in [-0.3, -0.25) is 0 Å². The molecule has 0 bridgehead atoms. The molecule has 136 valence electrons. The number of aromatic hydroxyl groups is 1. The van der Waals surface area contributed by atoms with Crippen molar-refractivity contribution in [1.29, 1.82) is 0 Å². The number of nitrogens with zero attached hydrogens (tertiary/aromatic N) is 1. The molecule has 26 heavy (non-hydrogen) atoms. The largest absolute Gasteiger partial charge is 0.507 e. The van der Waals surface area contributed by atoms with Crippen LogP contribution in [0.5, 0.6) is 5.75 Å². The van der Waals surface area contributed by atoms with Gasteiger partial charge in [-0.05, 0) is 67.3 Å². The second kappa shape index (κ2) is 8.35. The molecule has 2 aromatic rings.